The number of methoxy groups -OCH3 is 1. The van der Waals surface area contributed by atoms with Gasteiger partial charge in [-0.1, -0.05) is 11.2 Å². The van der Waals surface area contributed by atoms with Crippen molar-refractivity contribution in [1.29, 1.82) is 0 Å². The van der Waals surface area contributed by atoms with Gasteiger partial charge in [0, 0.05) is 57.6 Å². The highest BCUT2D eigenvalue weighted by molar-refractivity contribution is 5.94. The Bertz CT molecular complexity index is 1130. The average molecular weight is 485 g/mol. The number of likely N-dealkylation sites (N-methyl/N-ethyl adjacent to an activating group) is 1. The second kappa shape index (κ2) is 11.4. The molecule has 9 heteroatoms. The third kappa shape index (κ3) is 6.04. The summed E-state index contributed by atoms with van der Waals surface area (Å²) < 4.78 is 38.5. The highest BCUT2D eigenvalue weighted by atomic mass is 19.1. The van der Waals surface area contributed by atoms with E-state index in [2.05, 4.69) is 22.0 Å². The van der Waals surface area contributed by atoms with Crippen molar-refractivity contribution in [2.75, 3.05) is 58.4 Å². The number of carbonyl (C=O) groups excluding carboxylic acids is 1. The van der Waals surface area contributed by atoms with Crippen molar-refractivity contribution >= 4 is 11.8 Å². The summed E-state index contributed by atoms with van der Waals surface area (Å²) in [6, 6.07) is 11.7. The zero-order valence-electron chi connectivity index (χ0n) is 20.0. The van der Waals surface area contributed by atoms with Crippen molar-refractivity contribution in [2.45, 2.75) is 13.0 Å². The van der Waals surface area contributed by atoms with Crippen LogP contribution in [-0.4, -0.2) is 74.4 Å². The van der Waals surface area contributed by atoms with Gasteiger partial charge in [0.1, 0.15) is 17.3 Å². The lowest BCUT2D eigenvalue weighted by Gasteiger charge is -2.33. The molecule has 1 aliphatic heterocycles. The summed E-state index contributed by atoms with van der Waals surface area (Å²) in [5.41, 5.74) is 2.26. The van der Waals surface area contributed by atoms with E-state index in [4.69, 9.17) is 9.26 Å². The van der Waals surface area contributed by atoms with E-state index in [0.717, 1.165) is 31.7 Å². The monoisotopic (exact) mass is 484 g/mol. The normalized spacial score (nSPS) is 14.3. The first-order valence-corrected chi connectivity index (χ1v) is 11.7. The lowest BCUT2D eigenvalue weighted by Crippen LogP contribution is -2.45. The summed E-state index contributed by atoms with van der Waals surface area (Å²) in [6.45, 7) is 4.33. The van der Waals surface area contributed by atoms with E-state index >= 15 is 0 Å². The smallest absolute Gasteiger partial charge is 0.254 e. The molecule has 35 heavy (non-hydrogen) atoms. The highest BCUT2D eigenvalue weighted by Crippen LogP contribution is 2.33. The van der Waals surface area contributed by atoms with Gasteiger partial charge in [0.25, 0.3) is 5.91 Å². The maximum atomic E-state index is 13.9. The van der Waals surface area contributed by atoms with E-state index in [9.17, 15) is 13.6 Å². The molecule has 0 spiro atoms. The van der Waals surface area contributed by atoms with Crippen molar-refractivity contribution in [1.82, 2.24) is 15.0 Å². The molecule has 0 bridgehead atoms. The van der Waals surface area contributed by atoms with Gasteiger partial charge in [0.15, 0.2) is 0 Å². The summed E-state index contributed by atoms with van der Waals surface area (Å²) in [6.07, 6.45) is 0.610. The summed E-state index contributed by atoms with van der Waals surface area (Å²) >= 11 is 0. The fraction of sp³-hybridized carbons (Fsp3) is 0.385. The largest absolute Gasteiger partial charge is 0.385 e. The number of aromatic nitrogens is 1. The second-order valence-corrected chi connectivity index (χ2v) is 8.70. The van der Waals surface area contributed by atoms with Crippen LogP contribution in [0.1, 0.15) is 22.3 Å². The molecule has 0 radical (unpaired) electrons. The molecule has 1 aromatic heterocycles. The average Bonchev–Trinajstić information content (AvgIpc) is 3.27. The molecule has 1 fully saturated rings. The van der Waals surface area contributed by atoms with Gasteiger partial charge in [-0.05, 0) is 55.9 Å². The van der Waals surface area contributed by atoms with Crippen molar-refractivity contribution in [2.24, 2.45) is 0 Å². The molecule has 4 rings (SSSR count). The minimum absolute atomic E-state index is 0.205. The number of nitrogens with zero attached hydrogens (tertiary/aromatic N) is 4. The molecule has 0 N–H and O–H groups in total. The van der Waals surface area contributed by atoms with Crippen LogP contribution in [0.5, 0.6) is 0 Å². The Balaban J connectivity index is 1.71. The maximum absolute atomic E-state index is 13.9. The Morgan fingerprint density at radius 1 is 1.09 bits per heavy atom. The number of amides is 1. The van der Waals surface area contributed by atoms with Crippen LogP contribution >= 0.6 is 0 Å². The number of carbonyl (C=O) groups is 1. The number of ether oxygens (including phenoxy) is 1. The van der Waals surface area contributed by atoms with E-state index < -0.39 is 5.82 Å². The Hall–Kier alpha value is -3.30. The van der Waals surface area contributed by atoms with Crippen LogP contribution in [0.2, 0.25) is 0 Å². The zero-order valence-corrected chi connectivity index (χ0v) is 20.0. The highest BCUT2D eigenvalue weighted by Gasteiger charge is 2.28. The van der Waals surface area contributed by atoms with Crippen LogP contribution < -0.4 is 4.90 Å². The predicted octanol–water partition coefficient (Wildman–Crippen LogP) is 4.05. The summed E-state index contributed by atoms with van der Waals surface area (Å²) in [4.78, 5) is 19.5. The first-order valence-electron chi connectivity index (χ1n) is 11.7. The van der Waals surface area contributed by atoms with Crippen LogP contribution in [-0.2, 0) is 11.3 Å². The molecule has 1 saturated heterocycles. The molecule has 186 valence electrons. The molecule has 2 aromatic carbocycles. The molecule has 7 nitrogen and oxygen atoms in total. The lowest BCUT2D eigenvalue weighted by atomic mass is 10.1. The van der Waals surface area contributed by atoms with Crippen molar-refractivity contribution < 1.29 is 22.8 Å². The molecule has 0 atom stereocenters. The number of rotatable bonds is 9. The number of anilines is 1. The third-order valence-electron chi connectivity index (χ3n) is 6.16. The van der Waals surface area contributed by atoms with Gasteiger partial charge < -0.3 is 24.0 Å². The summed E-state index contributed by atoms with van der Waals surface area (Å²) in [7, 11) is 3.68. The van der Waals surface area contributed by atoms with E-state index in [-0.39, 0.29) is 23.8 Å². The van der Waals surface area contributed by atoms with Gasteiger partial charge >= 0.3 is 0 Å². The number of piperazine rings is 1. The van der Waals surface area contributed by atoms with Crippen molar-refractivity contribution in [3.8, 4) is 11.3 Å². The minimum Gasteiger partial charge on any atom is -0.385 e. The molecular formula is C26H30F2N4O3. The van der Waals surface area contributed by atoms with E-state index in [1.165, 1.54) is 30.3 Å². The molecule has 0 saturated carbocycles. The fourth-order valence-corrected chi connectivity index (χ4v) is 4.18. The molecule has 0 unspecified atom stereocenters. The van der Waals surface area contributed by atoms with Gasteiger partial charge in [0.2, 0.25) is 5.88 Å². The van der Waals surface area contributed by atoms with Crippen LogP contribution in [0.25, 0.3) is 11.3 Å². The Kier molecular flexibility index (Phi) is 8.09. The predicted molar refractivity (Wildman–Crippen MR) is 129 cm³/mol. The van der Waals surface area contributed by atoms with E-state index in [1.807, 2.05) is 0 Å². The topological polar surface area (TPSA) is 62.1 Å². The van der Waals surface area contributed by atoms with Crippen LogP contribution in [0, 0.1) is 11.6 Å². The zero-order chi connectivity index (χ0) is 24.8. The second-order valence-electron chi connectivity index (χ2n) is 8.70. The van der Waals surface area contributed by atoms with Gasteiger partial charge in [-0.3, -0.25) is 4.79 Å². The van der Waals surface area contributed by atoms with E-state index in [0.29, 0.717) is 36.7 Å². The molecule has 1 aliphatic rings. The molecule has 2 heterocycles. The summed E-state index contributed by atoms with van der Waals surface area (Å²) in [5.74, 6) is -0.513. The molecular weight excluding hydrogens is 454 g/mol. The Labute approximate surface area is 203 Å². The van der Waals surface area contributed by atoms with Gasteiger partial charge in [-0.15, -0.1) is 0 Å². The quantitative estimate of drug-likeness (QED) is 0.427. The third-order valence-corrected chi connectivity index (χ3v) is 6.16. The molecule has 1 amide bonds. The number of halogens is 2. The molecule has 0 aliphatic carbocycles. The Morgan fingerprint density at radius 2 is 1.83 bits per heavy atom. The minimum atomic E-state index is -0.470. The first kappa shape index (κ1) is 24.8. The van der Waals surface area contributed by atoms with Crippen LogP contribution in [0.3, 0.4) is 0 Å². The Morgan fingerprint density at radius 3 is 2.51 bits per heavy atom. The fourth-order valence-electron chi connectivity index (χ4n) is 4.18. The van der Waals surface area contributed by atoms with Crippen molar-refractivity contribution in [3.05, 3.63) is 71.3 Å². The van der Waals surface area contributed by atoms with Crippen LogP contribution in [0.15, 0.2) is 53.1 Å². The maximum Gasteiger partial charge on any atom is 0.254 e. The van der Waals surface area contributed by atoms with Gasteiger partial charge in [0.05, 0.1) is 12.1 Å². The number of benzene rings is 2. The SMILES string of the molecule is COCCCN(Cc1c(-c2ccc(F)cc2)noc1N1CCN(C)CC1)C(=O)c1cccc(F)c1. The molecule has 3 aromatic rings. The first-order chi connectivity index (χ1) is 17.0. The van der Waals surface area contributed by atoms with Gasteiger partial charge in [-0.2, -0.15) is 0 Å². The van der Waals surface area contributed by atoms with E-state index in [1.54, 1.807) is 30.2 Å². The number of hydrogen-bond acceptors (Lipinski definition) is 6. The standard InChI is InChI=1S/C26H30F2N4O3/c1-30-12-14-31(15-13-30)26-23(24(29-35-26)19-7-9-21(27)10-8-19)18-32(11-4-16-34-2)25(33)20-5-3-6-22(28)17-20/h3,5-10,17H,4,11-16,18H2,1-2H3. The van der Waals surface area contributed by atoms with Gasteiger partial charge in [-0.25, -0.2) is 8.78 Å². The summed E-state index contributed by atoms with van der Waals surface area (Å²) in [5, 5.41) is 4.33. The lowest BCUT2D eigenvalue weighted by molar-refractivity contribution is 0.0723. The number of hydrogen-bond donors (Lipinski definition) is 0. The van der Waals surface area contributed by atoms with Crippen molar-refractivity contribution in [3.63, 3.8) is 0 Å². The van der Waals surface area contributed by atoms with Crippen LogP contribution in [0.4, 0.5) is 14.7 Å².